The van der Waals surface area contributed by atoms with Crippen molar-refractivity contribution in [3.8, 4) is 17.2 Å². The van der Waals surface area contributed by atoms with Gasteiger partial charge in [0, 0.05) is 17.1 Å². The minimum Gasteiger partial charge on any atom is -0.311 e. The number of benzene rings is 4. The van der Waals surface area contributed by atoms with E-state index in [1.165, 1.54) is 33.2 Å². The molecule has 2 aliphatic rings. The van der Waals surface area contributed by atoms with E-state index in [0.717, 1.165) is 11.4 Å². The van der Waals surface area contributed by atoms with Crippen LogP contribution in [0.2, 0.25) is 0 Å². The van der Waals surface area contributed by atoms with Crippen LogP contribution in [-0.4, -0.2) is 6.71 Å². The maximum atomic E-state index is 9.52. The molecule has 0 saturated heterocycles. The van der Waals surface area contributed by atoms with Crippen LogP contribution >= 0.6 is 0 Å². The highest BCUT2D eigenvalue weighted by molar-refractivity contribution is 7.01. The monoisotopic (exact) mass is 354 g/mol. The molecule has 3 heteroatoms. The van der Waals surface area contributed by atoms with Crippen molar-refractivity contribution in [2.24, 2.45) is 0 Å². The van der Waals surface area contributed by atoms with Crippen LogP contribution in [0.15, 0.2) is 91.0 Å². The number of para-hydroxylation sites is 1. The highest BCUT2D eigenvalue weighted by atomic mass is 15.1. The Bertz CT molecular complexity index is 1290. The largest absolute Gasteiger partial charge is 0.311 e. The van der Waals surface area contributed by atoms with E-state index < -0.39 is 0 Å². The molecule has 2 heterocycles. The Morgan fingerprint density at radius 3 is 2.32 bits per heavy atom. The molecule has 0 saturated carbocycles. The van der Waals surface area contributed by atoms with E-state index in [4.69, 9.17) is 0 Å². The maximum Gasteiger partial charge on any atom is 0.248 e. The van der Waals surface area contributed by atoms with E-state index in [-0.39, 0.29) is 6.71 Å². The molecule has 0 bridgehead atoms. The Morgan fingerprint density at radius 1 is 0.679 bits per heavy atom. The number of nitrogens with zero attached hydrogens (tertiary/aromatic N) is 2. The summed E-state index contributed by atoms with van der Waals surface area (Å²) in [7, 11) is 0. The van der Waals surface area contributed by atoms with Gasteiger partial charge in [-0.15, -0.1) is 0 Å². The molecule has 2 nitrogen and oxygen atoms in total. The van der Waals surface area contributed by atoms with E-state index in [1.54, 1.807) is 0 Å². The highest BCUT2D eigenvalue weighted by Gasteiger charge is 2.42. The Hall–Kier alpha value is -3.77. The second-order valence-corrected chi connectivity index (χ2v) is 7.31. The molecule has 0 unspecified atom stereocenters. The van der Waals surface area contributed by atoms with Gasteiger partial charge in [-0.05, 0) is 58.5 Å². The summed E-state index contributed by atoms with van der Waals surface area (Å²) in [6, 6.07) is 34.1. The number of fused-ring (bicyclic) bond motifs is 5. The van der Waals surface area contributed by atoms with Gasteiger partial charge in [0.1, 0.15) is 0 Å². The molecule has 0 aliphatic carbocycles. The molecule has 128 valence electrons. The summed E-state index contributed by atoms with van der Waals surface area (Å²) in [6.07, 6.45) is 0. The zero-order valence-electron chi connectivity index (χ0n) is 15.1. The van der Waals surface area contributed by atoms with Crippen molar-refractivity contribution in [2.45, 2.75) is 0 Å². The lowest BCUT2D eigenvalue weighted by Crippen LogP contribution is -2.54. The van der Waals surface area contributed by atoms with Crippen LogP contribution in [0.5, 0.6) is 0 Å². The molecule has 4 aromatic rings. The first kappa shape index (κ1) is 15.3. The average molecular weight is 354 g/mol. The molecule has 28 heavy (non-hydrogen) atoms. The molecule has 0 N–H and O–H groups in total. The van der Waals surface area contributed by atoms with Crippen LogP contribution in [0, 0.1) is 11.3 Å². The number of anilines is 3. The third kappa shape index (κ3) is 1.92. The summed E-state index contributed by atoms with van der Waals surface area (Å²) in [4.78, 5) is 2.33. The zero-order chi connectivity index (χ0) is 18.7. The van der Waals surface area contributed by atoms with Crippen molar-refractivity contribution in [3.63, 3.8) is 0 Å². The van der Waals surface area contributed by atoms with E-state index in [1.807, 2.05) is 12.1 Å². The second kappa shape index (κ2) is 5.61. The Labute approximate surface area is 164 Å². The van der Waals surface area contributed by atoms with Crippen LogP contribution < -0.4 is 21.3 Å². The van der Waals surface area contributed by atoms with Gasteiger partial charge in [0.15, 0.2) is 0 Å². The normalized spacial score (nSPS) is 12.8. The van der Waals surface area contributed by atoms with Crippen molar-refractivity contribution in [1.29, 1.82) is 5.26 Å². The second-order valence-electron chi connectivity index (χ2n) is 7.31. The molecular formula is C25H15BN2. The minimum atomic E-state index is 0.172. The van der Waals surface area contributed by atoms with Gasteiger partial charge in [-0.1, -0.05) is 60.1 Å². The summed E-state index contributed by atoms with van der Waals surface area (Å²) >= 11 is 0. The van der Waals surface area contributed by atoms with Crippen molar-refractivity contribution in [1.82, 2.24) is 0 Å². The van der Waals surface area contributed by atoms with Crippen LogP contribution in [0.25, 0.3) is 11.1 Å². The van der Waals surface area contributed by atoms with Crippen molar-refractivity contribution >= 4 is 40.2 Å². The first-order valence-corrected chi connectivity index (χ1v) is 9.48. The lowest BCUT2D eigenvalue weighted by molar-refractivity contribution is 1.29. The van der Waals surface area contributed by atoms with Gasteiger partial charge in [0.25, 0.3) is 0 Å². The van der Waals surface area contributed by atoms with Gasteiger partial charge in [-0.25, -0.2) is 0 Å². The number of rotatable bonds is 1. The third-order valence-corrected chi connectivity index (χ3v) is 5.90. The van der Waals surface area contributed by atoms with Gasteiger partial charge in [0.05, 0.1) is 11.6 Å². The van der Waals surface area contributed by atoms with E-state index in [2.05, 4.69) is 89.8 Å². The van der Waals surface area contributed by atoms with Gasteiger partial charge >= 0.3 is 0 Å². The molecule has 0 fully saturated rings. The fourth-order valence-corrected chi connectivity index (χ4v) is 4.80. The SMILES string of the molecule is N#Cc1ccc2c(c1)B1c3ccccc3-c3cccc(c31)N2c1ccccc1. The van der Waals surface area contributed by atoms with Crippen molar-refractivity contribution in [3.05, 3.63) is 96.6 Å². The van der Waals surface area contributed by atoms with E-state index >= 15 is 0 Å². The van der Waals surface area contributed by atoms with Crippen LogP contribution in [0.1, 0.15) is 5.56 Å². The average Bonchev–Trinajstić information content (AvgIpc) is 3.11. The molecule has 4 aromatic carbocycles. The maximum absolute atomic E-state index is 9.52. The third-order valence-electron chi connectivity index (χ3n) is 5.90. The van der Waals surface area contributed by atoms with Gasteiger partial charge in [-0.2, -0.15) is 5.26 Å². The molecule has 0 radical (unpaired) electrons. The lowest BCUT2D eigenvalue weighted by atomic mass is 9.37. The smallest absolute Gasteiger partial charge is 0.248 e. The Kier molecular flexibility index (Phi) is 3.07. The first-order chi connectivity index (χ1) is 13.9. The summed E-state index contributed by atoms with van der Waals surface area (Å²) in [5.41, 5.74) is 10.7. The molecule has 0 aromatic heterocycles. The van der Waals surface area contributed by atoms with Crippen LogP contribution in [0.4, 0.5) is 17.1 Å². The Morgan fingerprint density at radius 2 is 1.46 bits per heavy atom. The first-order valence-electron chi connectivity index (χ1n) is 9.48. The topological polar surface area (TPSA) is 27.0 Å². The van der Waals surface area contributed by atoms with E-state index in [0.29, 0.717) is 5.56 Å². The molecule has 6 rings (SSSR count). The summed E-state index contributed by atoms with van der Waals surface area (Å²) in [5.74, 6) is 0. The van der Waals surface area contributed by atoms with Crippen LogP contribution in [0.3, 0.4) is 0 Å². The quantitative estimate of drug-likeness (QED) is 0.420. The number of hydrogen-bond acceptors (Lipinski definition) is 2. The highest BCUT2D eigenvalue weighted by Crippen LogP contribution is 2.40. The summed E-state index contributed by atoms with van der Waals surface area (Å²) < 4.78 is 0. The summed E-state index contributed by atoms with van der Waals surface area (Å²) in [5, 5.41) is 9.52. The van der Waals surface area contributed by atoms with Gasteiger partial charge in [0.2, 0.25) is 6.71 Å². The molecule has 0 spiro atoms. The van der Waals surface area contributed by atoms with Crippen LogP contribution in [-0.2, 0) is 0 Å². The van der Waals surface area contributed by atoms with Crippen molar-refractivity contribution in [2.75, 3.05) is 4.90 Å². The summed E-state index contributed by atoms with van der Waals surface area (Å²) in [6.45, 7) is 0.172. The van der Waals surface area contributed by atoms with E-state index in [9.17, 15) is 5.26 Å². The number of nitriles is 1. The van der Waals surface area contributed by atoms with Gasteiger partial charge in [-0.3, -0.25) is 0 Å². The number of hydrogen-bond donors (Lipinski definition) is 0. The fraction of sp³-hybridized carbons (Fsp3) is 0. The molecule has 2 aliphatic heterocycles. The van der Waals surface area contributed by atoms with Gasteiger partial charge < -0.3 is 4.90 Å². The Balaban J connectivity index is 1.74. The molecule has 0 amide bonds. The zero-order valence-corrected chi connectivity index (χ0v) is 15.1. The predicted octanol–water partition coefficient (Wildman–Crippen LogP) is 3.84. The standard InChI is InChI=1S/C25H15BN2/c27-16-17-13-14-23-22(15-17)26-21-11-5-4-9-19(21)20-10-6-12-24(25(20)26)28(23)18-7-2-1-3-8-18/h1-15H. The fourth-order valence-electron chi connectivity index (χ4n) is 4.80. The lowest BCUT2D eigenvalue weighted by Gasteiger charge is -2.35. The predicted molar refractivity (Wildman–Crippen MR) is 116 cm³/mol. The molecular weight excluding hydrogens is 339 g/mol. The minimum absolute atomic E-state index is 0.172. The van der Waals surface area contributed by atoms with Crippen molar-refractivity contribution < 1.29 is 0 Å². The molecule has 0 atom stereocenters.